The summed E-state index contributed by atoms with van der Waals surface area (Å²) in [7, 11) is -1.43. The summed E-state index contributed by atoms with van der Waals surface area (Å²) in [6.45, 7) is 1.43. The van der Waals surface area contributed by atoms with Gasteiger partial charge in [0.05, 0.1) is 4.90 Å². The lowest BCUT2D eigenvalue weighted by atomic mass is 9.96. The first kappa shape index (κ1) is 23.6. The maximum Gasteiger partial charge on any atom is 0.191 e. The van der Waals surface area contributed by atoms with Crippen molar-refractivity contribution in [1.29, 1.82) is 0 Å². The number of rotatable bonds is 7. The number of halogens is 2. The molecule has 1 saturated carbocycles. The first-order valence-electron chi connectivity index (χ1n) is 9.32. The van der Waals surface area contributed by atoms with Gasteiger partial charge in [-0.3, -0.25) is 4.99 Å². The summed E-state index contributed by atoms with van der Waals surface area (Å²) < 4.78 is 36.2. The Balaban J connectivity index is 0.00000300. The number of benzene rings is 2. The van der Waals surface area contributed by atoms with Crippen LogP contribution in [0.1, 0.15) is 24.0 Å². The van der Waals surface area contributed by atoms with Crippen molar-refractivity contribution in [2.75, 3.05) is 26.4 Å². The highest BCUT2D eigenvalue weighted by atomic mass is 127. The van der Waals surface area contributed by atoms with E-state index in [4.69, 9.17) is 0 Å². The van der Waals surface area contributed by atoms with Crippen LogP contribution in [0, 0.1) is 5.82 Å². The molecule has 3 rings (SSSR count). The summed E-state index contributed by atoms with van der Waals surface area (Å²) in [6.07, 6.45) is 4.12. The highest BCUT2D eigenvalue weighted by molar-refractivity contribution is 14.0. The van der Waals surface area contributed by atoms with Gasteiger partial charge in [-0.1, -0.05) is 24.3 Å². The van der Waals surface area contributed by atoms with Crippen LogP contribution in [-0.4, -0.2) is 40.8 Å². The van der Waals surface area contributed by atoms with Crippen LogP contribution in [0.2, 0.25) is 0 Å². The summed E-state index contributed by atoms with van der Waals surface area (Å²) in [4.78, 5) is 4.59. The predicted octanol–water partition coefficient (Wildman–Crippen LogP) is 3.29. The van der Waals surface area contributed by atoms with Crippen LogP contribution in [0.4, 0.5) is 4.39 Å². The van der Waals surface area contributed by atoms with E-state index in [-0.39, 0.29) is 35.2 Å². The summed E-state index contributed by atoms with van der Waals surface area (Å²) in [6, 6.07) is 13.7. The SMILES string of the molecule is CN=C(NCCc1ccc(S(C)(=O)=O)cc1)NCC1(c2ccc(F)cc2)CC1.I. The van der Waals surface area contributed by atoms with Gasteiger partial charge >= 0.3 is 0 Å². The molecule has 0 spiro atoms. The highest BCUT2D eigenvalue weighted by Gasteiger charge is 2.44. The highest BCUT2D eigenvalue weighted by Crippen LogP contribution is 2.47. The van der Waals surface area contributed by atoms with E-state index in [2.05, 4.69) is 15.6 Å². The van der Waals surface area contributed by atoms with Crippen molar-refractivity contribution < 1.29 is 12.8 Å². The monoisotopic (exact) mass is 531 g/mol. The second-order valence-electron chi connectivity index (χ2n) is 7.31. The van der Waals surface area contributed by atoms with Crippen molar-refractivity contribution in [2.45, 2.75) is 29.6 Å². The fourth-order valence-corrected chi connectivity index (χ4v) is 3.85. The minimum atomic E-state index is -3.16. The Hall–Kier alpha value is -1.68. The molecule has 0 aliphatic heterocycles. The average Bonchev–Trinajstić information content (AvgIpc) is 3.46. The minimum absolute atomic E-state index is 0. The Morgan fingerprint density at radius 1 is 1.07 bits per heavy atom. The number of guanidine groups is 1. The van der Waals surface area contributed by atoms with Gasteiger partial charge < -0.3 is 10.6 Å². The van der Waals surface area contributed by atoms with E-state index >= 15 is 0 Å². The summed E-state index contributed by atoms with van der Waals surface area (Å²) in [5.41, 5.74) is 2.27. The lowest BCUT2D eigenvalue weighted by molar-refractivity contribution is 0.602. The normalized spacial score (nSPS) is 15.3. The van der Waals surface area contributed by atoms with Gasteiger partial charge in [-0.05, 0) is 54.7 Å². The molecular formula is C21H27FIN3O2S. The zero-order valence-corrected chi connectivity index (χ0v) is 19.8. The molecular weight excluding hydrogens is 504 g/mol. The van der Waals surface area contributed by atoms with Gasteiger partial charge in [0.25, 0.3) is 0 Å². The second-order valence-corrected chi connectivity index (χ2v) is 9.32. The molecule has 0 saturated heterocycles. The topological polar surface area (TPSA) is 70.6 Å². The van der Waals surface area contributed by atoms with Gasteiger partial charge in [-0.25, -0.2) is 12.8 Å². The van der Waals surface area contributed by atoms with Gasteiger partial charge in [-0.15, -0.1) is 24.0 Å². The van der Waals surface area contributed by atoms with Crippen molar-refractivity contribution >= 4 is 39.8 Å². The predicted molar refractivity (Wildman–Crippen MR) is 125 cm³/mol. The van der Waals surface area contributed by atoms with E-state index in [1.807, 2.05) is 24.3 Å². The Morgan fingerprint density at radius 2 is 1.69 bits per heavy atom. The van der Waals surface area contributed by atoms with Crippen LogP contribution in [0.25, 0.3) is 0 Å². The van der Waals surface area contributed by atoms with Crippen molar-refractivity contribution in [3.8, 4) is 0 Å². The quantitative estimate of drug-likeness (QED) is 0.327. The van der Waals surface area contributed by atoms with Gasteiger partial charge in [0.2, 0.25) is 0 Å². The first-order chi connectivity index (χ1) is 13.3. The number of aliphatic imine (C=N–C) groups is 1. The molecule has 0 unspecified atom stereocenters. The zero-order valence-electron chi connectivity index (χ0n) is 16.6. The van der Waals surface area contributed by atoms with Gasteiger partial charge in [0, 0.05) is 31.8 Å². The Bertz CT molecular complexity index is 941. The molecule has 0 heterocycles. The molecule has 0 amide bonds. The van der Waals surface area contributed by atoms with Crippen LogP contribution >= 0.6 is 24.0 Å². The molecule has 5 nitrogen and oxygen atoms in total. The Morgan fingerprint density at radius 3 is 2.21 bits per heavy atom. The first-order valence-corrected chi connectivity index (χ1v) is 11.2. The van der Waals surface area contributed by atoms with Crippen molar-refractivity contribution in [3.05, 3.63) is 65.5 Å². The number of hydrogen-bond acceptors (Lipinski definition) is 3. The Kier molecular flexibility index (Phi) is 8.04. The molecule has 1 aliphatic rings. The lowest BCUT2D eigenvalue weighted by Gasteiger charge is -2.19. The maximum atomic E-state index is 13.1. The van der Waals surface area contributed by atoms with Crippen molar-refractivity contribution in [1.82, 2.24) is 10.6 Å². The van der Waals surface area contributed by atoms with E-state index in [1.165, 1.54) is 18.4 Å². The summed E-state index contributed by atoms with van der Waals surface area (Å²) in [5.74, 6) is 0.510. The molecule has 0 atom stereocenters. The smallest absolute Gasteiger partial charge is 0.191 e. The third-order valence-corrected chi connectivity index (χ3v) is 6.31. The fraction of sp³-hybridized carbons (Fsp3) is 0.381. The van der Waals surface area contributed by atoms with Crippen molar-refractivity contribution in [3.63, 3.8) is 0 Å². The Labute approximate surface area is 189 Å². The van der Waals surface area contributed by atoms with E-state index in [0.717, 1.165) is 42.9 Å². The van der Waals surface area contributed by atoms with Crippen LogP contribution < -0.4 is 10.6 Å². The largest absolute Gasteiger partial charge is 0.356 e. The van der Waals surface area contributed by atoms with Crippen LogP contribution in [-0.2, 0) is 21.7 Å². The molecule has 1 aliphatic carbocycles. The third kappa shape index (κ3) is 6.40. The molecule has 2 aromatic carbocycles. The zero-order chi connectivity index (χ0) is 20.2. The van der Waals surface area contributed by atoms with E-state index in [1.54, 1.807) is 19.2 Å². The summed E-state index contributed by atoms with van der Waals surface area (Å²) in [5, 5.41) is 6.65. The number of sulfone groups is 1. The van der Waals surface area contributed by atoms with Crippen LogP contribution in [0.5, 0.6) is 0 Å². The molecule has 29 heavy (non-hydrogen) atoms. The summed E-state index contributed by atoms with van der Waals surface area (Å²) >= 11 is 0. The molecule has 158 valence electrons. The standard InChI is InChI=1S/C21H26FN3O2S.HI/c1-23-20(24-14-11-16-3-9-19(10-4-16)28(2,26)27)25-15-21(12-13-21)17-5-7-18(22)8-6-17;/h3-10H,11-15H2,1-2H3,(H2,23,24,25);1H. The van der Waals surface area contributed by atoms with Gasteiger partial charge in [0.15, 0.2) is 15.8 Å². The van der Waals surface area contributed by atoms with E-state index in [9.17, 15) is 12.8 Å². The molecule has 0 radical (unpaired) electrons. The maximum absolute atomic E-state index is 13.1. The minimum Gasteiger partial charge on any atom is -0.356 e. The molecule has 0 bridgehead atoms. The lowest BCUT2D eigenvalue weighted by Crippen LogP contribution is -2.41. The van der Waals surface area contributed by atoms with Gasteiger partial charge in [0.1, 0.15) is 5.82 Å². The van der Waals surface area contributed by atoms with E-state index < -0.39 is 9.84 Å². The number of nitrogens with zero attached hydrogens (tertiary/aromatic N) is 1. The average molecular weight is 531 g/mol. The molecule has 2 N–H and O–H groups in total. The molecule has 2 aromatic rings. The fourth-order valence-electron chi connectivity index (χ4n) is 3.22. The van der Waals surface area contributed by atoms with Crippen LogP contribution in [0.3, 0.4) is 0 Å². The molecule has 1 fully saturated rings. The van der Waals surface area contributed by atoms with E-state index in [0.29, 0.717) is 11.4 Å². The third-order valence-electron chi connectivity index (χ3n) is 5.19. The second kappa shape index (κ2) is 9.88. The number of hydrogen-bond donors (Lipinski definition) is 2. The van der Waals surface area contributed by atoms with Gasteiger partial charge in [-0.2, -0.15) is 0 Å². The van der Waals surface area contributed by atoms with Crippen molar-refractivity contribution in [2.24, 2.45) is 4.99 Å². The molecule has 0 aromatic heterocycles. The van der Waals surface area contributed by atoms with Crippen LogP contribution in [0.15, 0.2) is 58.4 Å². The molecule has 8 heteroatoms. The number of nitrogens with one attached hydrogen (secondary N) is 2.